The molecule has 0 aromatic rings. The predicted molar refractivity (Wildman–Crippen MR) is 62.5 cm³/mol. The molecule has 0 unspecified atom stereocenters. The van der Waals surface area contributed by atoms with Crippen LogP contribution in [0.25, 0.3) is 0 Å². The molecule has 0 fully saturated rings. The van der Waals surface area contributed by atoms with Crippen LogP contribution in [0.1, 0.15) is 40.5 Å². The molecule has 0 saturated heterocycles. The fourth-order valence-corrected chi connectivity index (χ4v) is 0.838. The molecule has 1 N–H and O–H groups in total. The van der Waals surface area contributed by atoms with Crippen LogP contribution in [0, 0.1) is 0 Å². The Bertz CT molecular complexity index is 155. The summed E-state index contributed by atoms with van der Waals surface area (Å²) >= 11 is 0. The van der Waals surface area contributed by atoms with Gasteiger partial charge in [-0.25, -0.2) is 0 Å². The molecular weight excluding hydrogens is 158 g/mol. The summed E-state index contributed by atoms with van der Waals surface area (Å²) in [6.07, 6.45) is 10.4. The van der Waals surface area contributed by atoms with Crippen molar-refractivity contribution in [2.24, 2.45) is 0 Å². The predicted octanol–water partition coefficient (Wildman–Crippen LogP) is 4.01. The first-order valence-corrected chi connectivity index (χ1v) is 5.17. The molecule has 13 heavy (non-hydrogen) atoms. The van der Waals surface area contributed by atoms with Crippen LogP contribution in [0.15, 0.2) is 36.7 Å². The topological polar surface area (TPSA) is 12.0 Å². The third kappa shape index (κ3) is 8.93. The minimum Gasteiger partial charge on any atom is -0.363 e. The first-order chi connectivity index (χ1) is 6.43. The Kier molecular flexibility index (Phi) is 15.2. The zero-order valence-electron chi connectivity index (χ0n) is 9.43. The lowest BCUT2D eigenvalue weighted by atomic mass is 10.1. The highest BCUT2D eigenvalue weighted by Crippen LogP contribution is 2.05. The molecule has 1 rings (SSSR count). The summed E-state index contributed by atoms with van der Waals surface area (Å²) in [7, 11) is 0. The Labute approximate surface area is 83.2 Å². The van der Waals surface area contributed by atoms with Crippen molar-refractivity contribution in [3.63, 3.8) is 0 Å². The minimum absolute atomic E-state index is 1.15. The number of hydrogen-bond acceptors (Lipinski definition) is 1. The Balaban J connectivity index is 0. The average Bonchev–Trinajstić information content (AvgIpc) is 2.26. The highest BCUT2D eigenvalue weighted by molar-refractivity contribution is 5.21. The second-order valence-corrected chi connectivity index (χ2v) is 1.99. The maximum Gasteiger partial charge on any atom is 0.0335 e. The molecule has 0 bridgehead atoms. The van der Waals surface area contributed by atoms with Crippen molar-refractivity contribution in [1.29, 1.82) is 0 Å². The smallest absolute Gasteiger partial charge is 0.0335 e. The molecule has 1 heteroatoms. The molecule has 0 spiro atoms. The van der Waals surface area contributed by atoms with Gasteiger partial charge < -0.3 is 5.32 Å². The molecule has 0 aliphatic heterocycles. The highest BCUT2D eigenvalue weighted by atomic mass is 14.8. The van der Waals surface area contributed by atoms with Crippen LogP contribution in [-0.4, -0.2) is 0 Å². The molecule has 1 nitrogen and oxygen atoms in total. The molecule has 1 aliphatic carbocycles. The fraction of sp³-hybridized carbons (Fsp3) is 0.500. The first kappa shape index (κ1) is 14.5. The highest BCUT2D eigenvalue weighted by Gasteiger charge is 1.91. The van der Waals surface area contributed by atoms with Crippen LogP contribution in [0.4, 0.5) is 0 Å². The standard InChI is InChI=1S/C8H11N.2C2H6/c1-2-9-8-6-4-3-5-7-8;2*1-2/h2,4,6-7,9H,1,3,5H2;2*1-2H3. The second kappa shape index (κ2) is 13.6. The Hall–Kier alpha value is -0.980. The largest absolute Gasteiger partial charge is 0.363 e. The van der Waals surface area contributed by atoms with E-state index in [2.05, 4.69) is 30.1 Å². The lowest BCUT2D eigenvalue weighted by Gasteiger charge is -2.04. The van der Waals surface area contributed by atoms with Crippen molar-refractivity contribution in [3.05, 3.63) is 36.7 Å². The molecule has 0 amide bonds. The van der Waals surface area contributed by atoms with E-state index in [9.17, 15) is 0 Å². The van der Waals surface area contributed by atoms with E-state index in [1.807, 2.05) is 27.7 Å². The van der Waals surface area contributed by atoms with Gasteiger partial charge in [0, 0.05) is 5.70 Å². The third-order valence-electron chi connectivity index (χ3n) is 1.26. The average molecular weight is 181 g/mol. The van der Waals surface area contributed by atoms with Crippen LogP contribution in [0.3, 0.4) is 0 Å². The van der Waals surface area contributed by atoms with Gasteiger partial charge in [0.1, 0.15) is 0 Å². The van der Waals surface area contributed by atoms with Crippen LogP contribution in [0.2, 0.25) is 0 Å². The van der Waals surface area contributed by atoms with Crippen molar-refractivity contribution < 1.29 is 0 Å². The van der Waals surface area contributed by atoms with E-state index in [0.29, 0.717) is 0 Å². The van der Waals surface area contributed by atoms with Gasteiger partial charge in [0.05, 0.1) is 0 Å². The van der Waals surface area contributed by atoms with Gasteiger partial charge in [-0.15, -0.1) is 0 Å². The Morgan fingerprint density at radius 3 is 2.23 bits per heavy atom. The number of allylic oxidation sites excluding steroid dienone is 3. The summed E-state index contributed by atoms with van der Waals surface area (Å²) in [6.45, 7) is 11.6. The molecule has 0 saturated carbocycles. The van der Waals surface area contributed by atoms with E-state index < -0.39 is 0 Å². The van der Waals surface area contributed by atoms with E-state index in [0.717, 1.165) is 12.1 Å². The zero-order valence-corrected chi connectivity index (χ0v) is 9.43. The fourth-order valence-electron chi connectivity index (χ4n) is 0.838. The van der Waals surface area contributed by atoms with Crippen molar-refractivity contribution in [2.75, 3.05) is 0 Å². The summed E-state index contributed by atoms with van der Waals surface area (Å²) in [5, 5.41) is 3.02. The van der Waals surface area contributed by atoms with E-state index >= 15 is 0 Å². The van der Waals surface area contributed by atoms with Gasteiger partial charge in [-0.2, -0.15) is 0 Å². The minimum atomic E-state index is 1.15. The normalized spacial score (nSPS) is 12.5. The van der Waals surface area contributed by atoms with E-state index in [1.54, 1.807) is 6.20 Å². The molecule has 1 aliphatic rings. The zero-order chi connectivity index (χ0) is 10.5. The van der Waals surface area contributed by atoms with Crippen LogP contribution < -0.4 is 5.32 Å². The van der Waals surface area contributed by atoms with Crippen molar-refractivity contribution in [2.45, 2.75) is 40.5 Å². The summed E-state index contributed by atoms with van der Waals surface area (Å²) in [6, 6.07) is 0. The van der Waals surface area contributed by atoms with Crippen molar-refractivity contribution in [1.82, 2.24) is 5.32 Å². The van der Waals surface area contributed by atoms with E-state index in [-0.39, 0.29) is 0 Å². The monoisotopic (exact) mass is 181 g/mol. The number of hydrogen-bond donors (Lipinski definition) is 1. The van der Waals surface area contributed by atoms with Crippen LogP contribution >= 0.6 is 0 Å². The third-order valence-corrected chi connectivity index (χ3v) is 1.26. The molecule has 0 aromatic heterocycles. The molecule has 0 radical (unpaired) electrons. The maximum atomic E-state index is 3.57. The van der Waals surface area contributed by atoms with Gasteiger partial charge in [-0.3, -0.25) is 0 Å². The summed E-state index contributed by atoms with van der Waals surface area (Å²) in [4.78, 5) is 0. The van der Waals surface area contributed by atoms with Gasteiger partial charge in [-0.05, 0) is 25.1 Å². The summed E-state index contributed by atoms with van der Waals surface area (Å²) in [5.41, 5.74) is 1.16. The Morgan fingerprint density at radius 1 is 1.23 bits per heavy atom. The molecule has 0 heterocycles. The van der Waals surface area contributed by atoms with Crippen molar-refractivity contribution in [3.8, 4) is 0 Å². The van der Waals surface area contributed by atoms with E-state index in [4.69, 9.17) is 0 Å². The summed E-state index contributed by atoms with van der Waals surface area (Å²) in [5.74, 6) is 0. The van der Waals surface area contributed by atoms with Gasteiger partial charge in [0.15, 0.2) is 0 Å². The van der Waals surface area contributed by atoms with Gasteiger partial charge >= 0.3 is 0 Å². The molecular formula is C12H23N. The lowest BCUT2D eigenvalue weighted by molar-refractivity contribution is 0.970. The molecule has 0 aromatic carbocycles. The SMILES string of the molecule is C=CNC1=CCCC=C1.CC.CC. The van der Waals surface area contributed by atoms with Gasteiger partial charge in [0.2, 0.25) is 0 Å². The first-order valence-electron chi connectivity index (χ1n) is 5.17. The lowest BCUT2D eigenvalue weighted by Crippen LogP contribution is -2.02. The molecule has 76 valence electrons. The van der Waals surface area contributed by atoms with Gasteiger partial charge in [-0.1, -0.05) is 46.4 Å². The Morgan fingerprint density at radius 2 is 1.85 bits per heavy atom. The van der Waals surface area contributed by atoms with E-state index in [1.165, 1.54) is 6.42 Å². The quantitative estimate of drug-likeness (QED) is 0.679. The maximum absolute atomic E-state index is 3.57. The molecule has 0 atom stereocenters. The second-order valence-electron chi connectivity index (χ2n) is 1.99. The number of rotatable bonds is 2. The van der Waals surface area contributed by atoms with Crippen LogP contribution in [-0.2, 0) is 0 Å². The van der Waals surface area contributed by atoms with Gasteiger partial charge in [0.25, 0.3) is 0 Å². The van der Waals surface area contributed by atoms with Crippen molar-refractivity contribution >= 4 is 0 Å². The number of nitrogens with one attached hydrogen (secondary N) is 1. The summed E-state index contributed by atoms with van der Waals surface area (Å²) < 4.78 is 0. The van der Waals surface area contributed by atoms with Crippen LogP contribution in [0.5, 0.6) is 0 Å².